The van der Waals surface area contributed by atoms with E-state index in [0.717, 1.165) is 12.8 Å². The molecule has 1 aliphatic heterocycles. The zero-order valence-corrected chi connectivity index (χ0v) is 7.91. The zero-order valence-electron chi connectivity index (χ0n) is 7.91. The van der Waals surface area contributed by atoms with E-state index in [1.54, 1.807) is 6.92 Å². The highest BCUT2D eigenvalue weighted by molar-refractivity contribution is 5.70. The fourth-order valence-electron chi connectivity index (χ4n) is 1.41. The molecule has 76 valence electrons. The number of rotatable bonds is 3. The summed E-state index contributed by atoms with van der Waals surface area (Å²) in [5, 5.41) is 9.75. The van der Waals surface area contributed by atoms with Crippen molar-refractivity contribution in [1.82, 2.24) is 0 Å². The average Bonchev–Trinajstić information content (AvgIpc) is 2.04. The van der Waals surface area contributed by atoms with Crippen LogP contribution in [0.1, 0.15) is 32.6 Å². The molecule has 1 aliphatic rings. The lowest BCUT2D eigenvalue weighted by molar-refractivity contribution is -0.231. The molecule has 0 amide bonds. The van der Waals surface area contributed by atoms with E-state index in [2.05, 4.69) is 0 Å². The molecule has 0 spiro atoms. The molecule has 1 fully saturated rings. The fourth-order valence-corrected chi connectivity index (χ4v) is 1.41. The predicted octanol–water partition coefficient (Wildman–Crippen LogP) is 0.829. The molecule has 1 rings (SSSR count). The molecule has 4 heteroatoms. The van der Waals surface area contributed by atoms with Crippen LogP contribution in [0.25, 0.3) is 0 Å². The Bertz CT molecular complexity index is 172. The van der Waals surface area contributed by atoms with Crippen LogP contribution in [0.5, 0.6) is 0 Å². The third-order valence-corrected chi connectivity index (χ3v) is 2.06. The van der Waals surface area contributed by atoms with Crippen molar-refractivity contribution in [2.75, 3.05) is 13.2 Å². The summed E-state index contributed by atoms with van der Waals surface area (Å²) in [4.78, 5) is 11.1. The average molecular weight is 188 g/mol. The Labute approximate surface area is 77.8 Å². The molecule has 0 radical (unpaired) electrons. The summed E-state index contributed by atoms with van der Waals surface area (Å²) in [5.41, 5.74) is 0. The Morgan fingerprint density at radius 1 is 1.62 bits per heavy atom. The van der Waals surface area contributed by atoms with Crippen molar-refractivity contribution in [2.45, 2.75) is 38.4 Å². The standard InChI is InChI=1S/C9H16O4/c1-2-12-8(10)7-9(11)5-3-4-6-13-9/h11H,2-7H2,1H3. The van der Waals surface area contributed by atoms with Crippen LogP contribution in [0.2, 0.25) is 0 Å². The van der Waals surface area contributed by atoms with Gasteiger partial charge in [-0.1, -0.05) is 0 Å². The maximum absolute atomic E-state index is 11.1. The molecule has 0 aliphatic carbocycles. The van der Waals surface area contributed by atoms with Gasteiger partial charge in [-0.25, -0.2) is 0 Å². The maximum Gasteiger partial charge on any atom is 0.311 e. The van der Waals surface area contributed by atoms with Crippen LogP contribution in [0, 0.1) is 0 Å². The first-order chi connectivity index (χ1) is 6.16. The second-order valence-corrected chi connectivity index (χ2v) is 3.23. The summed E-state index contributed by atoms with van der Waals surface area (Å²) in [5.74, 6) is -1.67. The van der Waals surface area contributed by atoms with Gasteiger partial charge in [0.25, 0.3) is 0 Å². The number of esters is 1. The van der Waals surface area contributed by atoms with Crippen molar-refractivity contribution in [1.29, 1.82) is 0 Å². The molecule has 0 bridgehead atoms. The monoisotopic (exact) mass is 188 g/mol. The first-order valence-corrected chi connectivity index (χ1v) is 4.68. The molecule has 1 heterocycles. The maximum atomic E-state index is 11.1. The normalized spacial score (nSPS) is 28.5. The first-order valence-electron chi connectivity index (χ1n) is 4.68. The van der Waals surface area contributed by atoms with E-state index in [4.69, 9.17) is 9.47 Å². The highest BCUT2D eigenvalue weighted by Gasteiger charge is 2.33. The second kappa shape index (κ2) is 4.58. The zero-order chi connectivity index (χ0) is 9.73. The smallest absolute Gasteiger partial charge is 0.311 e. The van der Waals surface area contributed by atoms with Gasteiger partial charge in [0.05, 0.1) is 19.6 Å². The van der Waals surface area contributed by atoms with Gasteiger partial charge in [-0.05, 0) is 19.8 Å². The van der Waals surface area contributed by atoms with Crippen molar-refractivity contribution in [2.24, 2.45) is 0 Å². The molecular formula is C9H16O4. The molecule has 1 saturated heterocycles. The Hall–Kier alpha value is -0.610. The summed E-state index contributed by atoms with van der Waals surface area (Å²) in [7, 11) is 0. The van der Waals surface area contributed by atoms with E-state index in [0.29, 0.717) is 19.6 Å². The quantitative estimate of drug-likeness (QED) is 0.666. The topological polar surface area (TPSA) is 55.8 Å². The molecule has 0 aromatic carbocycles. The van der Waals surface area contributed by atoms with Crippen LogP contribution in [0.15, 0.2) is 0 Å². The Balaban J connectivity index is 2.36. The van der Waals surface area contributed by atoms with Crippen LogP contribution in [-0.2, 0) is 14.3 Å². The van der Waals surface area contributed by atoms with E-state index in [1.165, 1.54) is 0 Å². The minimum absolute atomic E-state index is 0.0547. The number of carbonyl (C=O) groups is 1. The van der Waals surface area contributed by atoms with Gasteiger partial charge in [-0.3, -0.25) is 4.79 Å². The van der Waals surface area contributed by atoms with Crippen LogP contribution in [0.3, 0.4) is 0 Å². The molecule has 0 aromatic rings. The molecule has 1 N–H and O–H groups in total. The van der Waals surface area contributed by atoms with E-state index >= 15 is 0 Å². The van der Waals surface area contributed by atoms with Crippen LogP contribution in [-0.4, -0.2) is 30.1 Å². The van der Waals surface area contributed by atoms with Gasteiger partial charge in [0.2, 0.25) is 0 Å². The van der Waals surface area contributed by atoms with Crippen molar-refractivity contribution in [3.63, 3.8) is 0 Å². The minimum Gasteiger partial charge on any atom is -0.466 e. The highest BCUT2D eigenvalue weighted by atomic mass is 16.6. The molecule has 4 nitrogen and oxygen atoms in total. The highest BCUT2D eigenvalue weighted by Crippen LogP contribution is 2.25. The minimum atomic E-state index is -1.27. The number of carbonyl (C=O) groups excluding carboxylic acids is 1. The van der Waals surface area contributed by atoms with Gasteiger partial charge >= 0.3 is 5.97 Å². The fraction of sp³-hybridized carbons (Fsp3) is 0.889. The van der Waals surface area contributed by atoms with Crippen molar-refractivity contribution in [3.8, 4) is 0 Å². The summed E-state index contributed by atoms with van der Waals surface area (Å²) in [6, 6.07) is 0. The van der Waals surface area contributed by atoms with Crippen LogP contribution < -0.4 is 0 Å². The Kier molecular flexibility index (Phi) is 3.69. The SMILES string of the molecule is CCOC(=O)CC1(O)CCCCO1. The lowest BCUT2D eigenvalue weighted by Crippen LogP contribution is -2.38. The Morgan fingerprint density at radius 2 is 2.38 bits per heavy atom. The second-order valence-electron chi connectivity index (χ2n) is 3.23. The lowest BCUT2D eigenvalue weighted by Gasteiger charge is -2.31. The summed E-state index contributed by atoms with van der Waals surface area (Å²) < 4.78 is 9.87. The van der Waals surface area contributed by atoms with Crippen LogP contribution in [0.4, 0.5) is 0 Å². The van der Waals surface area contributed by atoms with Gasteiger partial charge in [-0.15, -0.1) is 0 Å². The van der Waals surface area contributed by atoms with Crippen molar-refractivity contribution < 1.29 is 19.4 Å². The predicted molar refractivity (Wildman–Crippen MR) is 46.0 cm³/mol. The molecule has 0 aromatic heterocycles. The van der Waals surface area contributed by atoms with E-state index in [9.17, 15) is 9.90 Å². The third kappa shape index (κ3) is 3.32. The van der Waals surface area contributed by atoms with Gasteiger partial charge in [0.1, 0.15) is 0 Å². The summed E-state index contributed by atoms with van der Waals surface area (Å²) >= 11 is 0. The van der Waals surface area contributed by atoms with Crippen molar-refractivity contribution >= 4 is 5.97 Å². The van der Waals surface area contributed by atoms with Crippen LogP contribution >= 0.6 is 0 Å². The number of aliphatic hydroxyl groups is 1. The van der Waals surface area contributed by atoms with E-state index in [-0.39, 0.29) is 6.42 Å². The molecular weight excluding hydrogens is 172 g/mol. The molecule has 1 unspecified atom stereocenters. The van der Waals surface area contributed by atoms with Gasteiger partial charge < -0.3 is 14.6 Å². The third-order valence-electron chi connectivity index (χ3n) is 2.06. The molecule has 13 heavy (non-hydrogen) atoms. The Morgan fingerprint density at radius 3 is 2.92 bits per heavy atom. The van der Waals surface area contributed by atoms with E-state index in [1.807, 2.05) is 0 Å². The number of hydrogen-bond donors (Lipinski definition) is 1. The molecule has 1 atom stereocenters. The van der Waals surface area contributed by atoms with Gasteiger partial charge in [-0.2, -0.15) is 0 Å². The molecule has 0 saturated carbocycles. The van der Waals surface area contributed by atoms with E-state index < -0.39 is 11.8 Å². The van der Waals surface area contributed by atoms with Gasteiger partial charge in [0, 0.05) is 6.42 Å². The first kappa shape index (κ1) is 10.5. The largest absolute Gasteiger partial charge is 0.466 e. The summed E-state index contributed by atoms with van der Waals surface area (Å²) in [6.07, 6.45) is 2.31. The summed E-state index contributed by atoms with van der Waals surface area (Å²) in [6.45, 7) is 2.61. The number of ether oxygens (including phenoxy) is 2. The van der Waals surface area contributed by atoms with Gasteiger partial charge in [0.15, 0.2) is 5.79 Å². The number of hydrogen-bond acceptors (Lipinski definition) is 4. The lowest BCUT2D eigenvalue weighted by atomic mass is 10.0. The van der Waals surface area contributed by atoms with Crippen molar-refractivity contribution in [3.05, 3.63) is 0 Å².